The number of rotatable bonds is 8. The molecule has 1 aromatic rings. The van der Waals surface area contributed by atoms with Crippen molar-refractivity contribution in [1.82, 2.24) is 0 Å². The molecular weight excluding hydrogens is 298 g/mol. The van der Waals surface area contributed by atoms with E-state index in [1.165, 1.54) is 0 Å². The molecule has 18 heavy (non-hydrogen) atoms. The highest BCUT2D eigenvalue weighted by Crippen LogP contribution is 2.20. The largest absolute Gasteiger partial charge is 0.389 e. The summed E-state index contributed by atoms with van der Waals surface area (Å²) >= 11 is 3.44. The van der Waals surface area contributed by atoms with E-state index in [-0.39, 0.29) is 6.10 Å². The highest BCUT2D eigenvalue weighted by atomic mass is 79.9. The molecule has 0 fully saturated rings. The van der Waals surface area contributed by atoms with Crippen LogP contribution in [0, 0.1) is 0 Å². The second kappa shape index (κ2) is 8.48. The van der Waals surface area contributed by atoms with E-state index < -0.39 is 6.10 Å². The number of benzene rings is 1. The Morgan fingerprint density at radius 3 is 2.72 bits per heavy atom. The quantitative estimate of drug-likeness (QED) is 0.772. The Balaban J connectivity index is 2.25. The van der Waals surface area contributed by atoms with Crippen LogP contribution in [-0.4, -0.2) is 44.2 Å². The van der Waals surface area contributed by atoms with Crippen molar-refractivity contribution in [2.45, 2.75) is 19.1 Å². The van der Waals surface area contributed by atoms with Gasteiger partial charge in [0.2, 0.25) is 0 Å². The SMILES string of the molecule is COCC(C)OCC(O)CNc1ccccc1Br. The molecule has 102 valence electrons. The lowest BCUT2D eigenvalue weighted by atomic mass is 10.3. The summed E-state index contributed by atoms with van der Waals surface area (Å²) in [7, 11) is 1.63. The first kappa shape index (κ1) is 15.4. The van der Waals surface area contributed by atoms with Crippen molar-refractivity contribution in [2.75, 3.05) is 32.2 Å². The summed E-state index contributed by atoms with van der Waals surface area (Å²) < 4.78 is 11.4. The number of nitrogens with one attached hydrogen (secondary N) is 1. The number of methoxy groups -OCH3 is 1. The number of hydrogen-bond acceptors (Lipinski definition) is 4. The summed E-state index contributed by atoms with van der Waals surface area (Å²) in [5.74, 6) is 0. The van der Waals surface area contributed by atoms with E-state index in [0.717, 1.165) is 10.2 Å². The molecule has 0 saturated heterocycles. The Hall–Kier alpha value is -0.620. The van der Waals surface area contributed by atoms with Gasteiger partial charge in [-0.15, -0.1) is 0 Å². The molecule has 0 aliphatic rings. The normalized spacial score (nSPS) is 14.2. The number of para-hydroxylation sites is 1. The third-order valence-corrected chi connectivity index (χ3v) is 3.07. The molecule has 4 nitrogen and oxygen atoms in total. The molecular formula is C13H20BrNO3. The average molecular weight is 318 g/mol. The van der Waals surface area contributed by atoms with E-state index >= 15 is 0 Å². The summed E-state index contributed by atoms with van der Waals surface area (Å²) in [5.41, 5.74) is 0.960. The van der Waals surface area contributed by atoms with Gasteiger partial charge in [0.25, 0.3) is 0 Å². The summed E-state index contributed by atoms with van der Waals surface area (Å²) in [6, 6.07) is 7.79. The van der Waals surface area contributed by atoms with Gasteiger partial charge < -0.3 is 19.9 Å². The van der Waals surface area contributed by atoms with Crippen LogP contribution in [0.2, 0.25) is 0 Å². The molecule has 0 heterocycles. The van der Waals surface area contributed by atoms with E-state index in [1.54, 1.807) is 7.11 Å². The summed E-state index contributed by atoms with van der Waals surface area (Å²) in [6.07, 6.45) is -0.551. The number of ether oxygens (including phenoxy) is 2. The van der Waals surface area contributed by atoms with E-state index in [0.29, 0.717) is 19.8 Å². The first-order chi connectivity index (χ1) is 8.63. The number of anilines is 1. The van der Waals surface area contributed by atoms with Gasteiger partial charge in [0.15, 0.2) is 0 Å². The number of halogens is 1. The first-order valence-electron chi connectivity index (χ1n) is 5.90. The van der Waals surface area contributed by atoms with Gasteiger partial charge in [-0.3, -0.25) is 0 Å². The van der Waals surface area contributed by atoms with Gasteiger partial charge in [-0.05, 0) is 35.0 Å². The number of aliphatic hydroxyl groups is 1. The molecule has 1 rings (SSSR count). The van der Waals surface area contributed by atoms with Gasteiger partial charge in [0, 0.05) is 23.8 Å². The van der Waals surface area contributed by atoms with E-state index in [4.69, 9.17) is 9.47 Å². The van der Waals surface area contributed by atoms with E-state index in [9.17, 15) is 5.11 Å². The van der Waals surface area contributed by atoms with Crippen molar-refractivity contribution in [3.63, 3.8) is 0 Å². The zero-order valence-corrected chi connectivity index (χ0v) is 12.3. The highest BCUT2D eigenvalue weighted by molar-refractivity contribution is 9.10. The molecule has 1 aromatic carbocycles. The lowest BCUT2D eigenvalue weighted by Gasteiger charge is -2.17. The number of aliphatic hydroxyl groups excluding tert-OH is 1. The molecule has 2 N–H and O–H groups in total. The van der Waals surface area contributed by atoms with Crippen LogP contribution in [0.5, 0.6) is 0 Å². The minimum absolute atomic E-state index is 0.00638. The molecule has 0 bridgehead atoms. The smallest absolute Gasteiger partial charge is 0.0945 e. The predicted molar refractivity (Wildman–Crippen MR) is 75.9 cm³/mol. The van der Waals surface area contributed by atoms with Crippen LogP contribution in [0.15, 0.2) is 28.7 Å². The fourth-order valence-corrected chi connectivity index (χ4v) is 1.87. The average Bonchev–Trinajstić information content (AvgIpc) is 2.36. The Morgan fingerprint density at radius 1 is 1.33 bits per heavy atom. The number of hydrogen-bond donors (Lipinski definition) is 2. The monoisotopic (exact) mass is 317 g/mol. The third kappa shape index (κ3) is 5.82. The molecule has 0 aliphatic carbocycles. The van der Waals surface area contributed by atoms with Crippen LogP contribution in [0.1, 0.15) is 6.92 Å². The molecule has 0 aromatic heterocycles. The lowest BCUT2D eigenvalue weighted by molar-refractivity contribution is -0.0282. The molecule has 0 spiro atoms. The molecule has 2 atom stereocenters. The minimum Gasteiger partial charge on any atom is -0.389 e. The van der Waals surface area contributed by atoms with Gasteiger partial charge >= 0.3 is 0 Å². The molecule has 0 aliphatic heterocycles. The maximum absolute atomic E-state index is 9.77. The second-order valence-corrected chi connectivity index (χ2v) is 4.97. The van der Waals surface area contributed by atoms with Crippen molar-refractivity contribution < 1.29 is 14.6 Å². The molecule has 0 amide bonds. The Morgan fingerprint density at radius 2 is 2.06 bits per heavy atom. The zero-order chi connectivity index (χ0) is 13.4. The van der Waals surface area contributed by atoms with Crippen LogP contribution in [0.25, 0.3) is 0 Å². The predicted octanol–water partition coefficient (Wildman–Crippen LogP) is 2.27. The topological polar surface area (TPSA) is 50.7 Å². The fraction of sp³-hybridized carbons (Fsp3) is 0.538. The van der Waals surface area contributed by atoms with E-state index in [2.05, 4.69) is 21.2 Å². The van der Waals surface area contributed by atoms with Crippen LogP contribution in [0.3, 0.4) is 0 Å². The minimum atomic E-state index is -0.545. The third-order valence-electron chi connectivity index (χ3n) is 2.38. The van der Waals surface area contributed by atoms with E-state index in [1.807, 2.05) is 31.2 Å². The van der Waals surface area contributed by atoms with Gasteiger partial charge in [-0.25, -0.2) is 0 Å². The Kier molecular flexibility index (Phi) is 7.27. The van der Waals surface area contributed by atoms with Crippen molar-refractivity contribution in [3.05, 3.63) is 28.7 Å². The lowest BCUT2D eigenvalue weighted by Crippen LogP contribution is -2.28. The van der Waals surface area contributed by atoms with Gasteiger partial charge in [0.1, 0.15) is 0 Å². The molecule has 0 radical (unpaired) electrons. The maximum atomic E-state index is 9.77. The van der Waals surface area contributed by atoms with Crippen molar-refractivity contribution >= 4 is 21.6 Å². The van der Waals surface area contributed by atoms with Crippen molar-refractivity contribution in [2.24, 2.45) is 0 Å². The molecule has 0 saturated carbocycles. The molecule has 5 heteroatoms. The zero-order valence-electron chi connectivity index (χ0n) is 10.7. The molecule has 2 unspecified atom stereocenters. The standard InChI is InChI=1S/C13H20BrNO3/c1-10(8-17-2)18-9-11(16)7-15-13-6-4-3-5-12(13)14/h3-6,10-11,15-16H,7-9H2,1-2H3. The van der Waals surface area contributed by atoms with Crippen molar-refractivity contribution in [3.8, 4) is 0 Å². The van der Waals surface area contributed by atoms with Gasteiger partial charge in [-0.1, -0.05) is 12.1 Å². The van der Waals surface area contributed by atoms with Gasteiger partial charge in [0.05, 0.1) is 25.4 Å². The first-order valence-corrected chi connectivity index (χ1v) is 6.69. The summed E-state index contributed by atoms with van der Waals surface area (Å²) in [5, 5.41) is 12.9. The van der Waals surface area contributed by atoms with Crippen LogP contribution in [0.4, 0.5) is 5.69 Å². The summed E-state index contributed by atoms with van der Waals surface area (Å²) in [6.45, 7) is 3.19. The fourth-order valence-electron chi connectivity index (χ4n) is 1.45. The van der Waals surface area contributed by atoms with Crippen molar-refractivity contribution in [1.29, 1.82) is 0 Å². The van der Waals surface area contributed by atoms with Gasteiger partial charge in [-0.2, -0.15) is 0 Å². The highest BCUT2D eigenvalue weighted by Gasteiger charge is 2.08. The maximum Gasteiger partial charge on any atom is 0.0945 e. The van der Waals surface area contributed by atoms with Crippen LogP contribution >= 0.6 is 15.9 Å². The van der Waals surface area contributed by atoms with Crippen LogP contribution < -0.4 is 5.32 Å². The Labute approximate surface area is 116 Å². The summed E-state index contributed by atoms with van der Waals surface area (Å²) in [4.78, 5) is 0. The van der Waals surface area contributed by atoms with Crippen LogP contribution in [-0.2, 0) is 9.47 Å². The second-order valence-electron chi connectivity index (χ2n) is 4.11. The Bertz CT molecular complexity index is 349.